The van der Waals surface area contributed by atoms with Crippen molar-refractivity contribution < 1.29 is 9.90 Å². The van der Waals surface area contributed by atoms with Crippen LogP contribution in [0.15, 0.2) is 0 Å². The summed E-state index contributed by atoms with van der Waals surface area (Å²) < 4.78 is 1.72. The second-order valence-corrected chi connectivity index (χ2v) is 3.89. The molecule has 76 valence electrons. The fourth-order valence-electron chi connectivity index (χ4n) is 1.91. The number of aryl methyl sites for hydroxylation is 1. The molecule has 5 heteroatoms. The Morgan fingerprint density at radius 1 is 1.64 bits per heavy atom. The highest BCUT2D eigenvalue weighted by atomic mass is 16.4. The minimum absolute atomic E-state index is 0.172. The monoisotopic (exact) mass is 195 g/mol. The van der Waals surface area contributed by atoms with Gasteiger partial charge in [-0.2, -0.15) is 0 Å². The van der Waals surface area contributed by atoms with E-state index in [2.05, 4.69) is 10.3 Å². The van der Waals surface area contributed by atoms with Gasteiger partial charge in [0.25, 0.3) is 0 Å². The number of aliphatic carboxylic acids is 1. The van der Waals surface area contributed by atoms with Crippen LogP contribution in [-0.4, -0.2) is 26.1 Å². The molecule has 1 heterocycles. The van der Waals surface area contributed by atoms with Crippen molar-refractivity contribution in [3.05, 3.63) is 11.4 Å². The zero-order chi connectivity index (χ0) is 10.3. The lowest BCUT2D eigenvalue weighted by molar-refractivity contribution is -0.138. The van der Waals surface area contributed by atoms with E-state index in [1.54, 1.807) is 4.68 Å². The summed E-state index contributed by atoms with van der Waals surface area (Å²) >= 11 is 0. The van der Waals surface area contributed by atoms with Crippen LogP contribution in [0.2, 0.25) is 0 Å². The van der Waals surface area contributed by atoms with E-state index >= 15 is 0 Å². The largest absolute Gasteiger partial charge is 0.481 e. The third kappa shape index (κ3) is 1.20. The van der Waals surface area contributed by atoms with Gasteiger partial charge in [-0.15, -0.1) is 5.10 Å². The van der Waals surface area contributed by atoms with E-state index in [4.69, 9.17) is 5.11 Å². The van der Waals surface area contributed by atoms with Crippen LogP contribution >= 0.6 is 0 Å². The van der Waals surface area contributed by atoms with Crippen molar-refractivity contribution in [1.29, 1.82) is 0 Å². The maximum Gasteiger partial charge on any atom is 0.312 e. The third-order valence-electron chi connectivity index (χ3n) is 2.59. The average Bonchev–Trinajstić information content (AvgIpc) is 2.59. The molecule has 1 N–H and O–H groups in total. The first kappa shape index (κ1) is 9.18. The number of aromatic nitrogens is 3. The molecule has 0 fully saturated rings. The van der Waals surface area contributed by atoms with Gasteiger partial charge in [0.1, 0.15) is 5.92 Å². The van der Waals surface area contributed by atoms with Gasteiger partial charge in [-0.1, -0.05) is 5.21 Å². The van der Waals surface area contributed by atoms with Gasteiger partial charge in [-0.25, -0.2) is 4.68 Å². The first-order valence-electron chi connectivity index (χ1n) is 4.78. The molecule has 1 aliphatic rings. The summed E-state index contributed by atoms with van der Waals surface area (Å²) in [5.74, 6) is -1.18. The summed E-state index contributed by atoms with van der Waals surface area (Å²) in [6.07, 6.45) is 1.39. The highest BCUT2D eigenvalue weighted by Crippen LogP contribution is 2.32. The molecular formula is C9H13N3O2. The van der Waals surface area contributed by atoms with Crippen molar-refractivity contribution in [2.24, 2.45) is 0 Å². The van der Waals surface area contributed by atoms with Gasteiger partial charge in [-0.05, 0) is 26.7 Å². The van der Waals surface area contributed by atoms with Crippen LogP contribution in [0, 0.1) is 0 Å². The summed E-state index contributed by atoms with van der Waals surface area (Å²) in [4.78, 5) is 11.0. The molecule has 2 rings (SSSR count). The summed E-state index contributed by atoms with van der Waals surface area (Å²) in [7, 11) is 0. The molecule has 1 unspecified atom stereocenters. The molecule has 0 saturated carbocycles. The van der Waals surface area contributed by atoms with E-state index in [1.165, 1.54) is 0 Å². The molecule has 0 radical (unpaired) electrons. The molecule has 5 nitrogen and oxygen atoms in total. The second-order valence-electron chi connectivity index (χ2n) is 3.89. The standard InChI is InChI=1S/C9H13N3O2/c1-5(2)12-8-6(9(13)14)3-4-7(8)10-11-12/h5-6H,3-4H2,1-2H3,(H,13,14). The van der Waals surface area contributed by atoms with Crippen molar-refractivity contribution in [2.45, 2.75) is 38.6 Å². The van der Waals surface area contributed by atoms with Gasteiger partial charge in [0.05, 0.1) is 11.4 Å². The van der Waals surface area contributed by atoms with Crippen molar-refractivity contribution in [2.75, 3.05) is 0 Å². The Kier molecular flexibility index (Phi) is 2.02. The maximum absolute atomic E-state index is 11.0. The van der Waals surface area contributed by atoms with Gasteiger partial charge in [-0.3, -0.25) is 4.79 Å². The minimum Gasteiger partial charge on any atom is -0.481 e. The molecular weight excluding hydrogens is 182 g/mol. The molecule has 0 amide bonds. The van der Waals surface area contributed by atoms with Crippen LogP contribution in [0.1, 0.15) is 43.6 Å². The first-order valence-corrected chi connectivity index (χ1v) is 4.78. The van der Waals surface area contributed by atoms with E-state index < -0.39 is 11.9 Å². The van der Waals surface area contributed by atoms with E-state index in [0.29, 0.717) is 6.42 Å². The van der Waals surface area contributed by atoms with Gasteiger partial charge in [0.15, 0.2) is 0 Å². The Balaban J connectivity index is 2.45. The summed E-state index contributed by atoms with van der Waals surface area (Å²) in [5, 5.41) is 17.0. The van der Waals surface area contributed by atoms with Crippen LogP contribution in [0.3, 0.4) is 0 Å². The number of carbonyl (C=O) groups is 1. The fourth-order valence-corrected chi connectivity index (χ4v) is 1.91. The van der Waals surface area contributed by atoms with E-state index in [0.717, 1.165) is 17.8 Å². The molecule has 1 aliphatic carbocycles. The molecule has 1 aromatic heterocycles. The minimum atomic E-state index is -0.770. The normalized spacial score (nSPS) is 20.1. The predicted molar refractivity (Wildman–Crippen MR) is 49.1 cm³/mol. The van der Waals surface area contributed by atoms with E-state index in [9.17, 15) is 4.79 Å². The summed E-state index contributed by atoms with van der Waals surface area (Å²) in [6, 6.07) is 0.172. The van der Waals surface area contributed by atoms with E-state index in [1.807, 2.05) is 13.8 Å². The Labute approximate surface area is 81.7 Å². The zero-order valence-electron chi connectivity index (χ0n) is 8.27. The lowest BCUT2D eigenvalue weighted by Crippen LogP contribution is -2.15. The molecule has 1 aromatic rings. The predicted octanol–water partition coefficient (Wildman–Crippen LogP) is 0.973. The molecule has 0 spiro atoms. The Bertz CT molecular complexity index is 370. The number of rotatable bonds is 2. The van der Waals surface area contributed by atoms with Gasteiger partial charge in [0, 0.05) is 6.04 Å². The second kappa shape index (κ2) is 3.08. The lowest BCUT2D eigenvalue weighted by atomic mass is 10.1. The maximum atomic E-state index is 11.0. The highest BCUT2D eigenvalue weighted by Gasteiger charge is 2.34. The molecule has 14 heavy (non-hydrogen) atoms. The van der Waals surface area contributed by atoms with Crippen molar-refractivity contribution in [1.82, 2.24) is 15.0 Å². The Morgan fingerprint density at radius 3 is 2.93 bits per heavy atom. The number of nitrogens with zero attached hydrogens (tertiary/aromatic N) is 3. The fraction of sp³-hybridized carbons (Fsp3) is 0.667. The van der Waals surface area contributed by atoms with Crippen molar-refractivity contribution in [3.8, 4) is 0 Å². The number of hydrogen-bond donors (Lipinski definition) is 1. The van der Waals surface area contributed by atoms with Crippen LogP contribution in [0.5, 0.6) is 0 Å². The SMILES string of the molecule is CC(C)n1nnc2c1C(C(=O)O)CC2. The topological polar surface area (TPSA) is 68.0 Å². The molecule has 0 aromatic carbocycles. The zero-order valence-corrected chi connectivity index (χ0v) is 8.27. The number of hydrogen-bond acceptors (Lipinski definition) is 3. The molecule has 0 bridgehead atoms. The number of fused-ring (bicyclic) bond motifs is 1. The first-order chi connectivity index (χ1) is 6.61. The van der Waals surface area contributed by atoms with Crippen LogP contribution in [0.25, 0.3) is 0 Å². The van der Waals surface area contributed by atoms with Gasteiger partial charge >= 0.3 is 5.97 Å². The van der Waals surface area contributed by atoms with Crippen LogP contribution in [0.4, 0.5) is 0 Å². The Morgan fingerprint density at radius 2 is 2.36 bits per heavy atom. The van der Waals surface area contributed by atoms with Gasteiger partial charge in [0.2, 0.25) is 0 Å². The van der Waals surface area contributed by atoms with Crippen LogP contribution < -0.4 is 0 Å². The van der Waals surface area contributed by atoms with Gasteiger partial charge < -0.3 is 5.11 Å². The molecule has 0 aliphatic heterocycles. The van der Waals surface area contributed by atoms with E-state index in [-0.39, 0.29) is 6.04 Å². The average molecular weight is 195 g/mol. The lowest BCUT2D eigenvalue weighted by Gasteiger charge is -2.11. The quantitative estimate of drug-likeness (QED) is 0.763. The summed E-state index contributed by atoms with van der Waals surface area (Å²) in [6.45, 7) is 3.96. The highest BCUT2D eigenvalue weighted by molar-refractivity contribution is 5.76. The number of carboxylic acid groups (broad SMARTS) is 1. The smallest absolute Gasteiger partial charge is 0.312 e. The van der Waals surface area contributed by atoms with Crippen LogP contribution in [-0.2, 0) is 11.2 Å². The molecule has 1 atom stereocenters. The summed E-state index contributed by atoms with van der Waals surface area (Å²) in [5.41, 5.74) is 1.65. The molecule has 0 saturated heterocycles. The third-order valence-corrected chi connectivity index (χ3v) is 2.59. The number of carboxylic acids is 1. The van der Waals surface area contributed by atoms with Crippen molar-refractivity contribution in [3.63, 3.8) is 0 Å². The Hall–Kier alpha value is -1.39. The van der Waals surface area contributed by atoms with Crippen molar-refractivity contribution >= 4 is 5.97 Å².